The van der Waals surface area contributed by atoms with Crippen molar-refractivity contribution in [2.45, 2.75) is 31.2 Å². The lowest BCUT2D eigenvalue weighted by molar-refractivity contribution is -0.137. The lowest BCUT2D eigenvalue weighted by Crippen LogP contribution is -2.58. The van der Waals surface area contributed by atoms with Gasteiger partial charge in [0.2, 0.25) is 5.91 Å². The van der Waals surface area contributed by atoms with E-state index in [1.807, 2.05) is 29.2 Å². The third-order valence-electron chi connectivity index (χ3n) is 4.68. The van der Waals surface area contributed by atoms with Crippen LogP contribution in [0.5, 0.6) is 0 Å². The predicted molar refractivity (Wildman–Crippen MR) is 85.6 cm³/mol. The van der Waals surface area contributed by atoms with Crippen molar-refractivity contribution in [3.63, 3.8) is 0 Å². The van der Waals surface area contributed by atoms with E-state index in [0.29, 0.717) is 0 Å². The fourth-order valence-electron chi connectivity index (χ4n) is 3.35. The molecule has 0 aromatic heterocycles. The van der Waals surface area contributed by atoms with Gasteiger partial charge in [0.15, 0.2) is 0 Å². The third-order valence-corrected chi connectivity index (χ3v) is 4.93. The lowest BCUT2D eigenvalue weighted by atomic mass is 9.97. The van der Waals surface area contributed by atoms with Crippen LogP contribution in [0.3, 0.4) is 0 Å². The molecule has 0 atom stereocenters. The van der Waals surface area contributed by atoms with Gasteiger partial charge in [0, 0.05) is 36.9 Å². The number of carbonyl (C=O) groups excluding carboxylic acids is 1. The van der Waals surface area contributed by atoms with Crippen molar-refractivity contribution in [1.82, 2.24) is 4.90 Å². The molecule has 0 spiro atoms. The maximum atomic E-state index is 12.6. The highest BCUT2D eigenvalue weighted by Gasteiger charge is 2.40. The van der Waals surface area contributed by atoms with Crippen LogP contribution < -0.4 is 10.6 Å². The first-order valence-electron chi connectivity index (χ1n) is 7.67. The summed E-state index contributed by atoms with van der Waals surface area (Å²) in [5, 5.41) is 0.749. The first-order valence-corrected chi connectivity index (χ1v) is 8.05. The second-order valence-corrected chi connectivity index (χ2v) is 6.56. The van der Waals surface area contributed by atoms with Gasteiger partial charge in [0.05, 0.1) is 5.54 Å². The minimum absolute atomic E-state index is 0.149. The van der Waals surface area contributed by atoms with Crippen molar-refractivity contribution in [2.24, 2.45) is 5.73 Å². The highest BCUT2D eigenvalue weighted by Crippen LogP contribution is 2.29. The summed E-state index contributed by atoms with van der Waals surface area (Å²) >= 11 is 5.92. The summed E-state index contributed by atoms with van der Waals surface area (Å²) < 4.78 is 0. The van der Waals surface area contributed by atoms with Crippen LogP contribution in [-0.2, 0) is 4.79 Å². The molecule has 1 amide bonds. The summed E-state index contributed by atoms with van der Waals surface area (Å²) in [5.74, 6) is 0.149. The molecule has 0 bridgehead atoms. The highest BCUT2D eigenvalue weighted by atomic mass is 35.5. The Morgan fingerprint density at radius 2 is 1.62 bits per heavy atom. The Morgan fingerprint density at radius 1 is 1.05 bits per heavy atom. The molecule has 1 aromatic carbocycles. The molecule has 5 heteroatoms. The van der Waals surface area contributed by atoms with Crippen molar-refractivity contribution in [1.29, 1.82) is 0 Å². The first-order chi connectivity index (χ1) is 10.1. The Hall–Kier alpha value is -1.26. The number of piperazine rings is 1. The zero-order valence-electron chi connectivity index (χ0n) is 12.2. The minimum atomic E-state index is -0.595. The van der Waals surface area contributed by atoms with E-state index in [1.54, 1.807) is 0 Å². The Balaban J connectivity index is 1.60. The molecule has 2 N–H and O–H groups in total. The molecule has 1 aromatic rings. The van der Waals surface area contributed by atoms with Gasteiger partial charge in [-0.25, -0.2) is 0 Å². The van der Waals surface area contributed by atoms with E-state index in [-0.39, 0.29) is 5.91 Å². The molecule has 21 heavy (non-hydrogen) atoms. The number of hydrogen-bond donors (Lipinski definition) is 1. The molecule has 4 nitrogen and oxygen atoms in total. The van der Waals surface area contributed by atoms with Gasteiger partial charge >= 0.3 is 0 Å². The van der Waals surface area contributed by atoms with Gasteiger partial charge in [-0.15, -0.1) is 0 Å². The Morgan fingerprint density at radius 3 is 2.19 bits per heavy atom. The van der Waals surface area contributed by atoms with Gasteiger partial charge in [0.25, 0.3) is 0 Å². The maximum absolute atomic E-state index is 12.6. The summed E-state index contributed by atoms with van der Waals surface area (Å²) in [6.07, 6.45) is 3.83. The van der Waals surface area contributed by atoms with Crippen LogP contribution in [0.4, 0.5) is 5.69 Å². The third kappa shape index (κ3) is 3.01. The van der Waals surface area contributed by atoms with Crippen LogP contribution in [0.1, 0.15) is 25.7 Å². The van der Waals surface area contributed by atoms with Crippen molar-refractivity contribution in [3.8, 4) is 0 Å². The van der Waals surface area contributed by atoms with E-state index in [1.165, 1.54) is 0 Å². The molecule has 2 aliphatic rings. The Kier molecular flexibility index (Phi) is 4.09. The number of nitrogens with zero attached hydrogens (tertiary/aromatic N) is 2. The van der Waals surface area contributed by atoms with Crippen LogP contribution in [0, 0.1) is 0 Å². The smallest absolute Gasteiger partial charge is 0.242 e. The normalized spacial score (nSPS) is 21.6. The summed E-state index contributed by atoms with van der Waals surface area (Å²) in [4.78, 5) is 16.8. The number of carbonyl (C=O) groups is 1. The van der Waals surface area contributed by atoms with Crippen molar-refractivity contribution < 1.29 is 4.79 Å². The second kappa shape index (κ2) is 5.85. The number of halogens is 1. The molecule has 1 saturated carbocycles. The summed E-state index contributed by atoms with van der Waals surface area (Å²) in [6.45, 7) is 3.20. The van der Waals surface area contributed by atoms with Crippen molar-refractivity contribution in [2.75, 3.05) is 31.1 Å². The lowest BCUT2D eigenvalue weighted by Gasteiger charge is -2.39. The standard InChI is InChI=1S/C16H22ClN3O/c17-13-3-5-14(6-4-13)19-9-11-20(12-10-19)15(21)16(18)7-1-2-8-16/h3-6H,1-2,7-12,18H2. The van der Waals surface area contributed by atoms with Gasteiger partial charge in [-0.1, -0.05) is 24.4 Å². The number of rotatable bonds is 2. The molecule has 3 rings (SSSR count). The van der Waals surface area contributed by atoms with E-state index in [9.17, 15) is 4.79 Å². The number of hydrogen-bond acceptors (Lipinski definition) is 3. The molecular formula is C16H22ClN3O. The van der Waals surface area contributed by atoms with Crippen LogP contribution in [0.15, 0.2) is 24.3 Å². The van der Waals surface area contributed by atoms with Crippen molar-refractivity contribution in [3.05, 3.63) is 29.3 Å². The molecular weight excluding hydrogens is 286 g/mol. The van der Waals surface area contributed by atoms with Crippen LogP contribution in [0.2, 0.25) is 5.02 Å². The predicted octanol–water partition coefficient (Wildman–Crippen LogP) is 2.26. The average molecular weight is 308 g/mol. The minimum Gasteiger partial charge on any atom is -0.368 e. The van der Waals surface area contributed by atoms with Crippen LogP contribution in [0.25, 0.3) is 0 Å². The highest BCUT2D eigenvalue weighted by molar-refractivity contribution is 6.30. The van der Waals surface area contributed by atoms with E-state index in [0.717, 1.165) is 62.6 Å². The van der Waals surface area contributed by atoms with Gasteiger partial charge < -0.3 is 15.5 Å². The number of amides is 1. The first kappa shape index (κ1) is 14.7. The Bertz CT molecular complexity index is 503. The van der Waals surface area contributed by atoms with Crippen LogP contribution >= 0.6 is 11.6 Å². The topological polar surface area (TPSA) is 49.6 Å². The second-order valence-electron chi connectivity index (χ2n) is 6.12. The molecule has 2 fully saturated rings. The largest absolute Gasteiger partial charge is 0.368 e. The fourth-order valence-corrected chi connectivity index (χ4v) is 3.48. The fraction of sp³-hybridized carbons (Fsp3) is 0.562. The average Bonchev–Trinajstić information content (AvgIpc) is 2.96. The summed E-state index contributed by atoms with van der Waals surface area (Å²) in [7, 11) is 0. The van der Waals surface area contributed by atoms with Gasteiger partial charge in [-0.2, -0.15) is 0 Å². The maximum Gasteiger partial charge on any atom is 0.242 e. The molecule has 0 radical (unpaired) electrons. The van der Waals surface area contributed by atoms with Crippen LogP contribution in [-0.4, -0.2) is 42.5 Å². The zero-order valence-corrected chi connectivity index (χ0v) is 13.0. The molecule has 1 aliphatic heterocycles. The van der Waals surface area contributed by atoms with Gasteiger partial charge in [-0.05, 0) is 37.1 Å². The van der Waals surface area contributed by atoms with E-state index in [4.69, 9.17) is 17.3 Å². The molecule has 1 aliphatic carbocycles. The molecule has 114 valence electrons. The number of benzene rings is 1. The van der Waals surface area contributed by atoms with Crippen molar-refractivity contribution >= 4 is 23.2 Å². The monoisotopic (exact) mass is 307 g/mol. The summed E-state index contributed by atoms with van der Waals surface area (Å²) in [5.41, 5.74) is 6.84. The van der Waals surface area contributed by atoms with Gasteiger partial charge in [0.1, 0.15) is 0 Å². The number of nitrogens with two attached hydrogens (primary N) is 1. The molecule has 1 saturated heterocycles. The van der Waals surface area contributed by atoms with E-state index < -0.39 is 5.54 Å². The zero-order chi connectivity index (χ0) is 14.9. The quantitative estimate of drug-likeness (QED) is 0.912. The molecule has 1 heterocycles. The molecule has 0 unspecified atom stereocenters. The number of anilines is 1. The SMILES string of the molecule is NC1(C(=O)N2CCN(c3ccc(Cl)cc3)CC2)CCCC1. The van der Waals surface area contributed by atoms with E-state index >= 15 is 0 Å². The van der Waals surface area contributed by atoms with E-state index in [2.05, 4.69) is 4.90 Å². The summed E-state index contributed by atoms with van der Waals surface area (Å²) in [6, 6.07) is 7.87. The Labute approximate surface area is 130 Å². The van der Waals surface area contributed by atoms with Gasteiger partial charge in [-0.3, -0.25) is 4.79 Å².